The monoisotopic (exact) mass is 339 g/mol. The summed E-state index contributed by atoms with van der Waals surface area (Å²) >= 11 is 0. The Morgan fingerprint density at radius 1 is 1.12 bits per heavy atom. The summed E-state index contributed by atoms with van der Waals surface area (Å²) in [5, 5.41) is 12.2. The van der Waals surface area contributed by atoms with Crippen LogP contribution in [0.3, 0.4) is 0 Å². The minimum Gasteiger partial charge on any atom is -0.481 e. The molecule has 1 aliphatic rings. The van der Waals surface area contributed by atoms with E-state index in [-0.39, 0.29) is 6.61 Å². The molecular weight excluding hydrogens is 318 g/mol. The number of hydrogen-bond acceptors (Lipinski definition) is 3. The van der Waals surface area contributed by atoms with Crippen LogP contribution in [0.5, 0.6) is 0 Å². The van der Waals surface area contributed by atoms with E-state index >= 15 is 0 Å². The van der Waals surface area contributed by atoms with Gasteiger partial charge < -0.3 is 9.84 Å². The topological polar surface area (TPSA) is 75.6 Å². The van der Waals surface area contributed by atoms with Crippen LogP contribution in [0, 0.1) is 5.92 Å². The van der Waals surface area contributed by atoms with Crippen molar-refractivity contribution < 1.29 is 19.4 Å². The van der Waals surface area contributed by atoms with Crippen LogP contribution in [0.25, 0.3) is 0 Å². The maximum atomic E-state index is 11.9. The van der Waals surface area contributed by atoms with Crippen molar-refractivity contribution in [2.45, 2.75) is 31.8 Å². The molecule has 0 spiro atoms. The van der Waals surface area contributed by atoms with Crippen LogP contribution in [0.2, 0.25) is 0 Å². The van der Waals surface area contributed by atoms with E-state index in [0.717, 1.165) is 11.1 Å². The minimum absolute atomic E-state index is 0.199. The Kier molecular flexibility index (Phi) is 4.74. The number of carboxylic acids is 1. The van der Waals surface area contributed by atoms with Gasteiger partial charge in [-0.25, -0.2) is 4.79 Å². The summed E-state index contributed by atoms with van der Waals surface area (Å²) in [6, 6.07) is 16.4. The molecule has 1 amide bonds. The second-order valence-electron chi connectivity index (χ2n) is 6.66. The lowest BCUT2D eigenvalue weighted by atomic mass is 9.59. The molecule has 0 saturated heterocycles. The molecule has 1 aliphatic carbocycles. The molecule has 2 aromatic carbocycles. The lowest BCUT2D eigenvalue weighted by Gasteiger charge is -2.43. The van der Waals surface area contributed by atoms with E-state index in [9.17, 15) is 14.7 Å². The number of carboxylic acid groups (broad SMARTS) is 1. The zero-order valence-electron chi connectivity index (χ0n) is 14.1. The number of amides is 1. The van der Waals surface area contributed by atoms with Crippen molar-refractivity contribution in [2.24, 2.45) is 5.92 Å². The Balaban J connectivity index is 1.59. The first-order valence-corrected chi connectivity index (χ1v) is 8.31. The molecule has 0 aromatic heterocycles. The number of ether oxygens (including phenoxy) is 1. The van der Waals surface area contributed by atoms with Crippen molar-refractivity contribution in [3.05, 3.63) is 65.7 Å². The van der Waals surface area contributed by atoms with Gasteiger partial charge >= 0.3 is 12.1 Å². The van der Waals surface area contributed by atoms with Gasteiger partial charge in [0.05, 0.1) is 5.41 Å². The molecule has 130 valence electrons. The number of anilines is 1. The highest BCUT2D eigenvalue weighted by atomic mass is 16.5. The van der Waals surface area contributed by atoms with E-state index in [0.29, 0.717) is 24.4 Å². The molecule has 1 fully saturated rings. The normalized spacial score (nSPS) is 21.9. The molecule has 0 bridgehead atoms. The molecule has 0 unspecified atom stereocenters. The molecule has 3 rings (SSSR count). The van der Waals surface area contributed by atoms with Crippen LogP contribution in [-0.2, 0) is 21.6 Å². The van der Waals surface area contributed by atoms with Crippen LogP contribution >= 0.6 is 0 Å². The van der Waals surface area contributed by atoms with E-state index < -0.39 is 17.5 Å². The molecule has 1 saturated carbocycles. The van der Waals surface area contributed by atoms with Crippen molar-refractivity contribution in [3.8, 4) is 0 Å². The summed E-state index contributed by atoms with van der Waals surface area (Å²) in [6.45, 7) is 2.25. The smallest absolute Gasteiger partial charge is 0.411 e. The standard InChI is InChI=1S/C20H21NO4/c1-14-11-20(12-14,18(22)23)16-7-9-17(10-8-16)21-19(24)25-13-15-5-3-2-4-6-15/h2-10,14H,11-13H2,1H3,(H,21,24)(H,22,23). The summed E-state index contributed by atoms with van der Waals surface area (Å²) in [4.78, 5) is 23.5. The zero-order chi connectivity index (χ0) is 17.9. The van der Waals surface area contributed by atoms with Gasteiger partial charge in [-0.15, -0.1) is 0 Å². The minimum atomic E-state index is -0.786. The summed E-state index contributed by atoms with van der Waals surface area (Å²) in [6.07, 6.45) is 0.754. The van der Waals surface area contributed by atoms with Gasteiger partial charge in [-0.1, -0.05) is 49.4 Å². The molecular formula is C20H21NO4. The van der Waals surface area contributed by atoms with Crippen LogP contribution in [0.15, 0.2) is 54.6 Å². The zero-order valence-corrected chi connectivity index (χ0v) is 14.1. The van der Waals surface area contributed by atoms with E-state index in [4.69, 9.17) is 4.74 Å². The van der Waals surface area contributed by atoms with Crippen molar-refractivity contribution in [1.82, 2.24) is 0 Å². The largest absolute Gasteiger partial charge is 0.481 e. The Bertz CT molecular complexity index is 749. The summed E-state index contributed by atoms with van der Waals surface area (Å²) < 4.78 is 5.17. The lowest BCUT2D eigenvalue weighted by molar-refractivity contribution is -0.149. The van der Waals surface area contributed by atoms with E-state index in [1.54, 1.807) is 24.3 Å². The van der Waals surface area contributed by atoms with Crippen LogP contribution < -0.4 is 5.32 Å². The van der Waals surface area contributed by atoms with E-state index in [1.165, 1.54) is 0 Å². The van der Waals surface area contributed by atoms with Crippen molar-refractivity contribution >= 4 is 17.7 Å². The van der Waals surface area contributed by atoms with Crippen LogP contribution in [0.1, 0.15) is 30.9 Å². The molecule has 25 heavy (non-hydrogen) atoms. The predicted octanol–water partition coefficient (Wildman–Crippen LogP) is 4.19. The van der Waals surface area contributed by atoms with Gasteiger partial charge in [0.1, 0.15) is 6.61 Å². The first-order chi connectivity index (χ1) is 12.0. The highest BCUT2D eigenvalue weighted by Gasteiger charge is 2.49. The first-order valence-electron chi connectivity index (χ1n) is 8.31. The molecule has 0 radical (unpaired) electrons. The van der Waals surface area contributed by atoms with Gasteiger partial charge in [0.2, 0.25) is 0 Å². The SMILES string of the molecule is CC1CC(C(=O)O)(c2ccc(NC(=O)OCc3ccccc3)cc2)C1. The summed E-state index contributed by atoms with van der Waals surface area (Å²) in [5.74, 6) is -0.365. The van der Waals surface area contributed by atoms with E-state index in [2.05, 4.69) is 12.2 Å². The fraction of sp³-hybridized carbons (Fsp3) is 0.300. The average Bonchev–Trinajstić information content (AvgIpc) is 2.58. The number of hydrogen-bond donors (Lipinski definition) is 2. The second-order valence-corrected chi connectivity index (χ2v) is 6.66. The Morgan fingerprint density at radius 3 is 2.32 bits per heavy atom. The third-order valence-electron chi connectivity index (χ3n) is 4.70. The predicted molar refractivity (Wildman–Crippen MR) is 94.4 cm³/mol. The number of nitrogens with one attached hydrogen (secondary N) is 1. The molecule has 5 heteroatoms. The summed E-state index contributed by atoms with van der Waals surface area (Å²) in [5.41, 5.74) is 1.48. The van der Waals surface area contributed by atoms with Crippen molar-refractivity contribution in [2.75, 3.05) is 5.32 Å². The molecule has 5 nitrogen and oxygen atoms in total. The quantitative estimate of drug-likeness (QED) is 0.856. The second kappa shape index (κ2) is 6.97. The Morgan fingerprint density at radius 2 is 1.76 bits per heavy atom. The van der Waals surface area contributed by atoms with Gasteiger partial charge in [-0.2, -0.15) is 0 Å². The Labute approximate surface area is 146 Å². The van der Waals surface area contributed by atoms with E-state index in [1.807, 2.05) is 30.3 Å². The van der Waals surface area contributed by atoms with Crippen molar-refractivity contribution in [3.63, 3.8) is 0 Å². The van der Waals surface area contributed by atoms with Crippen LogP contribution in [0.4, 0.5) is 10.5 Å². The lowest BCUT2D eigenvalue weighted by Crippen LogP contribution is -2.46. The van der Waals surface area contributed by atoms with Gasteiger partial charge in [0.15, 0.2) is 0 Å². The fourth-order valence-electron chi connectivity index (χ4n) is 3.41. The maximum absolute atomic E-state index is 11.9. The Hall–Kier alpha value is -2.82. The third-order valence-corrected chi connectivity index (χ3v) is 4.70. The molecule has 2 N–H and O–H groups in total. The molecule has 0 aliphatic heterocycles. The maximum Gasteiger partial charge on any atom is 0.411 e. The fourth-order valence-corrected chi connectivity index (χ4v) is 3.41. The number of aliphatic carboxylic acids is 1. The highest BCUT2D eigenvalue weighted by Crippen LogP contribution is 2.48. The number of rotatable bonds is 5. The number of carbonyl (C=O) groups is 2. The highest BCUT2D eigenvalue weighted by molar-refractivity contribution is 5.86. The van der Waals surface area contributed by atoms with Gasteiger partial charge in [-0.3, -0.25) is 10.1 Å². The summed E-state index contributed by atoms with van der Waals surface area (Å²) in [7, 11) is 0. The number of benzene rings is 2. The molecule has 0 atom stereocenters. The van der Waals surface area contributed by atoms with Gasteiger partial charge in [0, 0.05) is 5.69 Å². The van der Waals surface area contributed by atoms with Gasteiger partial charge in [-0.05, 0) is 42.0 Å². The first kappa shape index (κ1) is 17.0. The molecule has 2 aromatic rings. The molecule has 0 heterocycles. The van der Waals surface area contributed by atoms with Crippen LogP contribution in [-0.4, -0.2) is 17.2 Å². The third kappa shape index (κ3) is 3.65. The number of carbonyl (C=O) groups excluding carboxylic acids is 1. The average molecular weight is 339 g/mol. The van der Waals surface area contributed by atoms with Crippen molar-refractivity contribution in [1.29, 1.82) is 0 Å². The van der Waals surface area contributed by atoms with Gasteiger partial charge in [0.25, 0.3) is 0 Å².